The Morgan fingerprint density at radius 3 is 2.81 bits per heavy atom. The number of tetrazole rings is 1. The summed E-state index contributed by atoms with van der Waals surface area (Å²) in [4.78, 5) is 24.7. The molecule has 1 N–H and O–H groups in total. The summed E-state index contributed by atoms with van der Waals surface area (Å²) in [6, 6.07) is 13.8. The maximum atomic E-state index is 12.4. The van der Waals surface area contributed by atoms with Gasteiger partial charge in [0.15, 0.2) is 0 Å². The summed E-state index contributed by atoms with van der Waals surface area (Å²) < 4.78 is 2.50. The van der Waals surface area contributed by atoms with Crippen LogP contribution in [0.3, 0.4) is 0 Å². The summed E-state index contributed by atoms with van der Waals surface area (Å²) >= 11 is 0. The minimum absolute atomic E-state index is 0.244. The van der Waals surface area contributed by atoms with Crippen LogP contribution in [0.1, 0.15) is 0 Å². The van der Waals surface area contributed by atoms with E-state index in [9.17, 15) is 9.59 Å². The number of benzene rings is 2. The molecule has 1 amide bonds. The molecule has 4 rings (SSSR count). The van der Waals surface area contributed by atoms with Gasteiger partial charge in [0, 0.05) is 5.69 Å². The van der Waals surface area contributed by atoms with Crippen molar-refractivity contribution in [3.05, 3.63) is 65.2 Å². The van der Waals surface area contributed by atoms with Crippen LogP contribution in [0.5, 0.6) is 0 Å². The van der Waals surface area contributed by atoms with Crippen LogP contribution in [0.25, 0.3) is 16.6 Å². The van der Waals surface area contributed by atoms with Crippen LogP contribution in [-0.2, 0) is 11.3 Å². The fourth-order valence-electron chi connectivity index (χ4n) is 2.47. The van der Waals surface area contributed by atoms with Gasteiger partial charge in [-0.2, -0.15) is 0 Å². The molecule has 128 valence electrons. The Morgan fingerprint density at radius 1 is 1.08 bits per heavy atom. The largest absolute Gasteiger partial charge is 0.324 e. The van der Waals surface area contributed by atoms with E-state index in [-0.39, 0.29) is 12.1 Å². The first kappa shape index (κ1) is 15.6. The number of aromatic nitrogens is 7. The van der Waals surface area contributed by atoms with Crippen LogP contribution in [0.4, 0.5) is 5.69 Å². The van der Waals surface area contributed by atoms with Gasteiger partial charge in [0.2, 0.25) is 5.91 Å². The van der Waals surface area contributed by atoms with Crippen LogP contribution < -0.4 is 10.9 Å². The van der Waals surface area contributed by atoms with E-state index in [0.29, 0.717) is 22.3 Å². The number of fused-ring (bicyclic) bond motifs is 1. The zero-order valence-electron chi connectivity index (χ0n) is 13.4. The highest BCUT2D eigenvalue weighted by molar-refractivity contribution is 5.91. The van der Waals surface area contributed by atoms with E-state index in [0.717, 1.165) is 4.68 Å². The maximum absolute atomic E-state index is 12.4. The van der Waals surface area contributed by atoms with E-state index >= 15 is 0 Å². The maximum Gasteiger partial charge on any atom is 0.278 e. The molecule has 0 unspecified atom stereocenters. The molecule has 4 aromatic rings. The molecule has 0 saturated heterocycles. The lowest BCUT2D eigenvalue weighted by Crippen LogP contribution is -2.30. The van der Waals surface area contributed by atoms with Crippen LogP contribution >= 0.6 is 0 Å². The van der Waals surface area contributed by atoms with Crippen LogP contribution in [0.15, 0.2) is 59.7 Å². The number of anilines is 1. The summed E-state index contributed by atoms with van der Waals surface area (Å²) in [6.07, 6.45) is 1.45. The number of rotatable bonds is 4. The van der Waals surface area contributed by atoms with E-state index in [1.807, 2.05) is 0 Å². The number of hydrogen-bond acceptors (Lipinski definition) is 7. The molecular weight excluding hydrogens is 336 g/mol. The first-order valence-corrected chi connectivity index (χ1v) is 7.66. The van der Waals surface area contributed by atoms with Gasteiger partial charge in [-0.25, -0.2) is 9.36 Å². The van der Waals surface area contributed by atoms with Gasteiger partial charge in [0.05, 0.1) is 11.1 Å². The molecule has 2 heterocycles. The van der Waals surface area contributed by atoms with Gasteiger partial charge < -0.3 is 5.32 Å². The molecule has 0 aliphatic heterocycles. The van der Waals surface area contributed by atoms with Crippen molar-refractivity contribution in [2.45, 2.75) is 6.54 Å². The normalized spacial score (nSPS) is 10.8. The predicted octanol–water partition coefficient (Wildman–Crippen LogP) is 0.406. The van der Waals surface area contributed by atoms with Gasteiger partial charge in [-0.15, -0.1) is 10.2 Å². The summed E-state index contributed by atoms with van der Waals surface area (Å²) in [5.74, 6) is -0.398. The lowest BCUT2D eigenvalue weighted by atomic mass is 10.2. The fraction of sp³-hybridized carbons (Fsp3) is 0.0625. The summed E-state index contributed by atoms with van der Waals surface area (Å²) in [5, 5.41) is 21.8. The number of carbonyl (C=O) groups excluding carboxylic acids is 1. The van der Waals surface area contributed by atoms with E-state index < -0.39 is 5.91 Å². The molecule has 0 aliphatic rings. The fourth-order valence-corrected chi connectivity index (χ4v) is 2.47. The molecule has 2 aromatic carbocycles. The molecule has 2 aromatic heterocycles. The summed E-state index contributed by atoms with van der Waals surface area (Å²) in [5.41, 5.74) is 1.36. The quantitative estimate of drug-likeness (QED) is 0.567. The smallest absolute Gasteiger partial charge is 0.278 e. The first-order valence-electron chi connectivity index (χ1n) is 7.66. The van der Waals surface area contributed by atoms with E-state index in [1.165, 1.54) is 11.0 Å². The van der Waals surface area contributed by atoms with Crippen molar-refractivity contribution >= 4 is 22.5 Å². The molecule has 0 atom stereocenters. The van der Waals surface area contributed by atoms with Gasteiger partial charge >= 0.3 is 0 Å². The number of amides is 1. The highest BCUT2D eigenvalue weighted by Crippen LogP contribution is 2.13. The third kappa shape index (κ3) is 3.02. The van der Waals surface area contributed by atoms with Gasteiger partial charge in [0.1, 0.15) is 18.4 Å². The van der Waals surface area contributed by atoms with Gasteiger partial charge in [-0.3, -0.25) is 9.59 Å². The molecule has 26 heavy (non-hydrogen) atoms. The Morgan fingerprint density at radius 2 is 1.96 bits per heavy atom. The Hall–Kier alpha value is -3.95. The third-order valence-corrected chi connectivity index (χ3v) is 3.67. The Kier molecular flexibility index (Phi) is 3.90. The molecule has 0 fully saturated rings. The van der Waals surface area contributed by atoms with Crippen molar-refractivity contribution in [2.75, 3.05) is 5.32 Å². The van der Waals surface area contributed by atoms with Gasteiger partial charge in [-0.1, -0.05) is 23.4 Å². The number of nitrogens with one attached hydrogen (secondary N) is 1. The van der Waals surface area contributed by atoms with E-state index in [2.05, 4.69) is 31.2 Å². The Bertz CT molecular complexity index is 1140. The molecule has 0 spiro atoms. The zero-order chi connectivity index (χ0) is 17.9. The molecule has 0 bridgehead atoms. The number of hydrogen-bond donors (Lipinski definition) is 1. The van der Waals surface area contributed by atoms with Crippen molar-refractivity contribution in [1.82, 2.24) is 35.2 Å². The number of carbonyl (C=O) groups is 1. The summed E-state index contributed by atoms with van der Waals surface area (Å²) in [7, 11) is 0. The minimum atomic E-state index is -0.398. The van der Waals surface area contributed by atoms with Crippen molar-refractivity contribution < 1.29 is 4.79 Å². The molecule has 0 aliphatic carbocycles. The molecule has 10 nitrogen and oxygen atoms in total. The van der Waals surface area contributed by atoms with Crippen molar-refractivity contribution in [2.24, 2.45) is 0 Å². The Balaban J connectivity index is 1.54. The van der Waals surface area contributed by atoms with E-state index in [1.54, 1.807) is 48.5 Å². The molecule has 0 saturated carbocycles. The van der Waals surface area contributed by atoms with Crippen molar-refractivity contribution in [3.8, 4) is 5.69 Å². The SMILES string of the molecule is O=C(Cn1nnc2ccccc2c1=O)Nc1cccc(-n2cnnn2)c1. The van der Waals surface area contributed by atoms with Crippen LogP contribution in [0, 0.1) is 0 Å². The van der Waals surface area contributed by atoms with E-state index in [4.69, 9.17) is 0 Å². The van der Waals surface area contributed by atoms with Crippen LogP contribution in [0.2, 0.25) is 0 Å². The molecule has 0 radical (unpaired) electrons. The van der Waals surface area contributed by atoms with Crippen molar-refractivity contribution in [1.29, 1.82) is 0 Å². The lowest BCUT2D eigenvalue weighted by molar-refractivity contribution is -0.117. The number of nitrogens with zero attached hydrogens (tertiary/aromatic N) is 7. The topological polar surface area (TPSA) is 120 Å². The zero-order valence-corrected chi connectivity index (χ0v) is 13.4. The standard InChI is InChI=1S/C16H12N8O2/c25-15(9-23-16(26)13-6-1-2-7-14(13)19-21-23)18-11-4-3-5-12(8-11)24-10-17-20-22-24/h1-8,10H,9H2,(H,18,25). The molecule has 10 heteroatoms. The lowest BCUT2D eigenvalue weighted by Gasteiger charge is -2.08. The first-order chi connectivity index (χ1) is 12.7. The van der Waals surface area contributed by atoms with Crippen LogP contribution in [-0.4, -0.2) is 41.1 Å². The van der Waals surface area contributed by atoms with Gasteiger partial charge in [-0.05, 0) is 40.8 Å². The molecular formula is C16H12N8O2. The van der Waals surface area contributed by atoms with Crippen molar-refractivity contribution in [3.63, 3.8) is 0 Å². The Labute approximate surface area is 146 Å². The monoisotopic (exact) mass is 348 g/mol. The average molecular weight is 348 g/mol. The highest BCUT2D eigenvalue weighted by Gasteiger charge is 2.10. The second-order valence-electron chi connectivity index (χ2n) is 5.42. The summed E-state index contributed by atoms with van der Waals surface area (Å²) in [6.45, 7) is -0.244. The second-order valence-corrected chi connectivity index (χ2v) is 5.42. The highest BCUT2D eigenvalue weighted by atomic mass is 16.2. The second kappa shape index (κ2) is 6.51. The average Bonchev–Trinajstić information content (AvgIpc) is 3.19. The van der Waals surface area contributed by atoms with Gasteiger partial charge in [0.25, 0.3) is 5.56 Å². The predicted molar refractivity (Wildman–Crippen MR) is 91.6 cm³/mol. The third-order valence-electron chi connectivity index (χ3n) is 3.67. The minimum Gasteiger partial charge on any atom is -0.324 e.